The van der Waals surface area contributed by atoms with Gasteiger partial charge in [0.2, 0.25) is 5.78 Å². The molecular weight excluding hydrogens is 357 g/mol. The van der Waals surface area contributed by atoms with Crippen LogP contribution in [0, 0.1) is 6.92 Å². The topological polar surface area (TPSA) is 26.3 Å². The second-order valence-corrected chi connectivity index (χ2v) is 6.03. The first-order valence-corrected chi connectivity index (χ1v) is 7.03. The lowest BCUT2D eigenvalue weighted by atomic mass is 10.1. The minimum atomic E-state index is -4.73. The number of halogens is 4. The highest BCUT2D eigenvalue weighted by atomic mass is 79.9. The van der Waals surface area contributed by atoms with Crippen molar-refractivity contribution in [2.45, 2.75) is 13.3 Å². The maximum atomic E-state index is 12.1. The molecule has 0 spiro atoms. The van der Waals surface area contributed by atoms with Crippen molar-refractivity contribution in [3.63, 3.8) is 0 Å². The lowest BCUT2D eigenvalue weighted by Gasteiger charge is -2.08. The van der Waals surface area contributed by atoms with E-state index in [4.69, 9.17) is 0 Å². The molecule has 0 radical (unpaired) electrons. The van der Waals surface area contributed by atoms with Crippen molar-refractivity contribution < 1.29 is 22.7 Å². The van der Waals surface area contributed by atoms with E-state index in [1.165, 1.54) is 23.5 Å². The van der Waals surface area contributed by atoms with E-state index in [2.05, 4.69) is 20.7 Å². The van der Waals surface area contributed by atoms with Gasteiger partial charge in [0.25, 0.3) is 0 Å². The first-order valence-electron chi connectivity index (χ1n) is 5.43. The van der Waals surface area contributed by atoms with Gasteiger partial charge in [0, 0.05) is 14.9 Å². The largest absolute Gasteiger partial charge is 0.573 e. The highest BCUT2D eigenvalue weighted by molar-refractivity contribution is 9.10. The predicted molar refractivity (Wildman–Crippen MR) is 73.3 cm³/mol. The van der Waals surface area contributed by atoms with Crippen molar-refractivity contribution in [3.8, 4) is 5.75 Å². The van der Waals surface area contributed by atoms with E-state index in [9.17, 15) is 18.0 Å². The average molecular weight is 365 g/mol. The van der Waals surface area contributed by atoms with E-state index in [1.54, 1.807) is 6.07 Å². The lowest BCUT2D eigenvalue weighted by Crippen LogP contribution is -2.17. The fourth-order valence-electron chi connectivity index (χ4n) is 1.52. The number of carbonyl (C=O) groups excluding carboxylic acids is 1. The van der Waals surface area contributed by atoms with Gasteiger partial charge in [-0.1, -0.05) is 0 Å². The van der Waals surface area contributed by atoms with Crippen LogP contribution in [0.4, 0.5) is 13.2 Å². The summed E-state index contributed by atoms with van der Waals surface area (Å²) in [5, 5.41) is 0. The molecule has 0 N–H and O–H groups in total. The van der Waals surface area contributed by atoms with Gasteiger partial charge in [-0.15, -0.1) is 24.5 Å². The van der Waals surface area contributed by atoms with Gasteiger partial charge < -0.3 is 4.74 Å². The Morgan fingerprint density at radius 3 is 2.30 bits per heavy atom. The molecule has 0 aliphatic rings. The van der Waals surface area contributed by atoms with E-state index in [0.717, 1.165) is 21.5 Å². The number of aryl methyl sites for hydroxylation is 1. The van der Waals surface area contributed by atoms with Crippen molar-refractivity contribution in [2.75, 3.05) is 0 Å². The molecule has 0 aliphatic carbocycles. The molecule has 0 atom stereocenters. The van der Waals surface area contributed by atoms with Crippen molar-refractivity contribution in [3.05, 3.63) is 50.1 Å². The standard InChI is InChI=1S/C13H8BrF3O2S/c1-7-10(14)6-11(20-7)12(18)8-2-4-9(5-3-8)19-13(15,16)17/h2-6H,1H3. The third kappa shape index (κ3) is 3.61. The smallest absolute Gasteiger partial charge is 0.406 e. The van der Waals surface area contributed by atoms with E-state index >= 15 is 0 Å². The van der Waals surface area contributed by atoms with Gasteiger partial charge in [-0.25, -0.2) is 0 Å². The lowest BCUT2D eigenvalue weighted by molar-refractivity contribution is -0.274. The fourth-order valence-corrected chi connectivity index (χ4v) is 3.02. The predicted octanol–water partition coefficient (Wildman–Crippen LogP) is 4.95. The summed E-state index contributed by atoms with van der Waals surface area (Å²) >= 11 is 4.64. The molecule has 0 saturated heterocycles. The quantitative estimate of drug-likeness (QED) is 0.720. The molecule has 7 heteroatoms. The molecule has 0 unspecified atom stereocenters. The van der Waals surface area contributed by atoms with Gasteiger partial charge in [0.15, 0.2) is 0 Å². The summed E-state index contributed by atoms with van der Waals surface area (Å²) in [6.07, 6.45) is -4.73. The Balaban J connectivity index is 2.19. The van der Waals surface area contributed by atoms with Crippen LogP contribution in [0.15, 0.2) is 34.8 Å². The number of hydrogen-bond donors (Lipinski definition) is 0. The third-order valence-corrected chi connectivity index (χ3v) is 4.57. The van der Waals surface area contributed by atoms with Crippen molar-refractivity contribution in [2.24, 2.45) is 0 Å². The van der Waals surface area contributed by atoms with Crippen LogP contribution in [0.3, 0.4) is 0 Å². The summed E-state index contributed by atoms with van der Waals surface area (Å²) in [6.45, 7) is 1.87. The molecule has 1 heterocycles. The van der Waals surface area contributed by atoms with Gasteiger partial charge in [0.05, 0.1) is 4.88 Å². The van der Waals surface area contributed by atoms with Gasteiger partial charge >= 0.3 is 6.36 Å². The van der Waals surface area contributed by atoms with Crippen LogP contribution in [-0.4, -0.2) is 12.1 Å². The van der Waals surface area contributed by atoms with Crippen LogP contribution in [0.25, 0.3) is 0 Å². The van der Waals surface area contributed by atoms with Crippen LogP contribution in [0.5, 0.6) is 5.75 Å². The zero-order chi connectivity index (χ0) is 14.9. The van der Waals surface area contributed by atoms with Gasteiger partial charge in [-0.05, 0) is 53.2 Å². The van der Waals surface area contributed by atoms with Crippen molar-refractivity contribution in [1.82, 2.24) is 0 Å². The molecule has 2 aromatic rings. The summed E-state index contributed by atoms with van der Waals surface area (Å²) in [5.41, 5.74) is 0.313. The molecule has 1 aromatic heterocycles. The van der Waals surface area contributed by atoms with Gasteiger partial charge in [-0.3, -0.25) is 4.79 Å². The molecule has 0 fully saturated rings. The number of rotatable bonds is 3. The number of ether oxygens (including phenoxy) is 1. The number of carbonyl (C=O) groups is 1. The maximum Gasteiger partial charge on any atom is 0.573 e. The molecule has 2 rings (SSSR count). The fraction of sp³-hybridized carbons (Fsp3) is 0.154. The van der Waals surface area contributed by atoms with Gasteiger partial charge in [-0.2, -0.15) is 0 Å². The Morgan fingerprint density at radius 2 is 1.85 bits per heavy atom. The van der Waals surface area contributed by atoms with Crippen LogP contribution >= 0.6 is 27.3 Å². The molecule has 106 valence electrons. The molecule has 0 aliphatic heterocycles. The Morgan fingerprint density at radius 1 is 1.25 bits per heavy atom. The Hall–Kier alpha value is -1.34. The highest BCUT2D eigenvalue weighted by Crippen LogP contribution is 2.29. The number of thiophene rings is 1. The Bertz CT molecular complexity index is 613. The van der Waals surface area contributed by atoms with Crippen LogP contribution in [-0.2, 0) is 0 Å². The molecular formula is C13H8BrF3O2S. The zero-order valence-electron chi connectivity index (χ0n) is 10.1. The summed E-state index contributed by atoms with van der Waals surface area (Å²) in [4.78, 5) is 13.6. The Kier molecular flexibility index (Phi) is 4.19. The zero-order valence-corrected chi connectivity index (χ0v) is 12.5. The van der Waals surface area contributed by atoms with E-state index in [1.807, 2.05) is 6.92 Å². The average Bonchev–Trinajstić information content (AvgIpc) is 2.68. The van der Waals surface area contributed by atoms with Crippen LogP contribution in [0.2, 0.25) is 0 Å². The summed E-state index contributed by atoms with van der Waals surface area (Å²) in [7, 11) is 0. The first kappa shape index (κ1) is 15.1. The van der Waals surface area contributed by atoms with Crippen molar-refractivity contribution in [1.29, 1.82) is 0 Å². The number of hydrogen-bond acceptors (Lipinski definition) is 3. The maximum absolute atomic E-state index is 12.1. The summed E-state index contributed by atoms with van der Waals surface area (Å²) < 4.78 is 40.6. The SMILES string of the molecule is Cc1sc(C(=O)c2ccc(OC(F)(F)F)cc2)cc1Br. The normalized spacial score (nSPS) is 11.4. The number of alkyl halides is 3. The minimum Gasteiger partial charge on any atom is -0.406 e. The Labute approximate surface area is 125 Å². The monoisotopic (exact) mass is 364 g/mol. The van der Waals surface area contributed by atoms with E-state index < -0.39 is 6.36 Å². The van der Waals surface area contributed by atoms with Crippen molar-refractivity contribution >= 4 is 33.0 Å². The molecule has 0 amide bonds. The molecule has 20 heavy (non-hydrogen) atoms. The molecule has 0 bridgehead atoms. The van der Waals surface area contributed by atoms with Crippen LogP contribution in [0.1, 0.15) is 20.1 Å². The van der Waals surface area contributed by atoms with E-state index in [-0.39, 0.29) is 11.5 Å². The summed E-state index contributed by atoms with van der Waals surface area (Å²) in [6, 6.07) is 6.56. The molecule has 2 nitrogen and oxygen atoms in total. The minimum absolute atomic E-state index is 0.234. The number of benzene rings is 1. The van der Waals surface area contributed by atoms with E-state index in [0.29, 0.717) is 10.4 Å². The third-order valence-electron chi connectivity index (χ3n) is 2.43. The molecule has 0 saturated carbocycles. The first-order chi connectivity index (χ1) is 9.26. The number of ketones is 1. The van der Waals surface area contributed by atoms with Crippen LogP contribution < -0.4 is 4.74 Å². The second kappa shape index (κ2) is 5.57. The highest BCUT2D eigenvalue weighted by Gasteiger charge is 2.31. The second-order valence-electron chi connectivity index (χ2n) is 3.92. The molecule has 1 aromatic carbocycles. The summed E-state index contributed by atoms with van der Waals surface area (Å²) in [5.74, 6) is -0.583. The van der Waals surface area contributed by atoms with Gasteiger partial charge in [0.1, 0.15) is 5.75 Å².